The summed E-state index contributed by atoms with van der Waals surface area (Å²) in [5.41, 5.74) is 9.45. The molecule has 2 heterocycles. The first-order valence-electron chi connectivity index (χ1n) is 8.15. The van der Waals surface area contributed by atoms with E-state index in [1.807, 2.05) is 0 Å². The molecule has 4 nitrogen and oxygen atoms in total. The van der Waals surface area contributed by atoms with Gasteiger partial charge in [-0.1, -0.05) is 6.07 Å². The Labute approximate surface area is 132 Å². The van der Waals surface area contributed by atoms with Crippen molar-refractivity contribution in [1.29, 1.82) is 0 Å². The van der Waals surface area contributed by atoms with E-state index >= 15 is 0 Å². The zero-order valence-corrected chi connectivity index (χ0v) is 13.8. The normalized spacial score (nSPS) is 17.9. The Morgan fingerprint density at radius 3 is 2.55 bits per heavy atom. The average molecular weight is 298 g/mol. The highest BCUT2D eigenvalue weighted by Gasteiger charge is 2.21. The molecule has 2 N–H and O–H groups in total. The van der Waals surface area contributed by atoms with Crippen molar-refractivity contribution in [3.63, 3.8) is 0 Å². The number of aromatic nitrogens is 1. The highest BCUT2D eigenvalue weighted by atomic mass is 15.3. The van der Waals surface area contributed by atoms with Crippen LogP contribution in [0.15, 0.2) is 24.3 Å². The van der Waals surface area contributed by atoms with Crippen LogP contribution in [0.4, 0.5) is 5.82 Å². The summed E-state index contributed by atoms with van der Waals surface area (Å²) in [7, 11) is 0. The van der Waals surface area contributed by atoms with Crippen molar-refractivity contribution in [2.75, 3.05) is 37.6 Å². The highest BCUT2D eigenvalue weighted by molar-refractivity contribution is 5.84. The third-order valence-corrected chi connectivity index (χ3v) is 4.75. The predicted molar refractivity (Wildman–Crippen MR) is 93.5 cm³/mol. The maximum absolute atomic E-state index is 5.77. The molecule has 1 aliphatic heterocycles. The maximum atomic E-state index is 5.77. The average Bonchev–Trinajstić information content (AvgIpc) is 2.53. The number of benzene rings is 1. The van der Waals surface area contributed by atoms with Gasteiger partial charge in [-0.2, -0.15) is 0 Å². The summed E-state index contributed by atoms with van der Waals surface area (Å²) in [6.45, 7) is 11.4. The quantitative estimate of drug-likeness (QED) is 0.944. The maximum Gasteiger partial charge on any atom is 0.129 e. The molecule has 0 amide bonds. The molecule has 22 heavy (non-hydrogen) atoms. The molecule has 0 radical (unpaired) electrons. The van der Waals surface area contributed by atoms with Gasteiger partial charge in [-0.25, -0.2) is 4.98 Å². The lowest BCUT2D eigenvalue weighted by molar-refractivity contribution is 0.201. The van der Waals surface area contributed by atoms with Gasteiger partial charge in [0, 0.05) is 44.2 Å². The van der Waals surface area contributed by atoms with Gasteiger partial charge in [-0.15, -0.1) is 0 Å². The fourth-order valence-electron chi connectivity index (χ4n) is 3.30. The van der Waals surface area contributed by atoms with Crippen LogP contribution in [0, 0.1) is 13.8 Å². The molecular formula is C18H26N4. The zero-order chi connectivity index (χ0) is 15.7. The molecule has 0 bridgehead atoms. The molecule has 1 fully saturated rings. The van der Waals surface area contributed by atoms with Gasteiger partial charge in [0.2, 0.25) is 0 Å². The molecule has 118 valence electrons. The van der Waals surface area contributed by atoms with E-state index in [0.29, 0.717) is 6.04 Å². The predicted octanol–water partition coefficient (Wildman–Crippen LogP) is 2.32. The Bertz CT molecular complexity index is 659. The van der Waals surface area contributed by atoms with Crippen LogP contribution in [0.3, 0.4) is 0 Å². The number of nitrogens with two attached hydrogens (primary N) is 1. The Hall–Kier alpha value is -1.65. The van der Waals surface area contributed by atoms with Crippen molar-refractivity contribution >= 4 is 16.7 Å². The summed E-state index contributed by atoms with van der Waals surface area (Å²) in [5, 5.41) is 1.25. The molecule has 1 aliphatic rings. The van der Waals surface area contributed by atoms with Crippen LogP contribution in [0.2, 0.25) is 0 Å². The van der Waals surface area contributed by atoms with Crippen LogP contribution in [-0.2, 0) is 0 Å². The molecule has 1 aromatic heterocycles. The standard InChI is InChI=1S/C18H26N4/c1-13-10-14(2)16-4-5-18(20-17(16)11-13)22-8-6-21(7-9-22)15(3)12-19/h4-5,10-11,15H,6-9,12,19H2,1-3H3. The van der Waals surface area contributed by atoms with E-state index < -0.39 is 0 Å². The third kappa shape index (κ3) is 2.94. The van der Waals surface area contributed by atoms with Gasteiger partial charge in [-0.3, -0.25) is 4.90 Å². The summed E-state index contributed by atoms with van der Waals surface area (Å²) in [4.78, 5) is 9.74. The van der Waals surface area contributed by atoms with E-state index in [1.54, 1.807) is 0 Å². The van der Waals surface area contributed by atoms with Crippen LogP contribution in [-0.4, -0.2) is 48.6 Å². The summed E-state index contributed by atoms with van der Waals surface area (Å²) in [5.74, 6) is 1.09. The van der Waals surface area contributed by atoms with Crippen molar-refractivity contribution in [1.82, 2.24) is 9.88 Å². The van der Waals surface area contributed by atoms with Crippen molar-refractivity contribution in [2.24, 2.45) is 5.73 Å². The first-order chi connectivity index (χ1) is 10.6. The summed E-state index contributed by atoms with van der Waals surface area (Å²) in [6.07, 6.45) is 0. The minimum absolute atomic E-state index is 0.469. The zero-order valence-electron chi connectivity index (χ0n) is 13.8. The molecule has 0 saturated carbocycles. The van der Waals surface area contributed by atoms with Crippen LogP contribution in [0.5, 0.6) is 0 Å². The molecule has 1 atom stereocenters. The molecular weight excluding hydrogens is 272 g/mol. The van der Waals surface area contributed by atoms with E-state index in [9.17, 15) is 0 Å². The second-order valence-electron chi connectivity index (χ2n) is 6.43. The van der Waals surface area contributed by atoms with Gasteiger partial charge >= 0.3 is 0 Å². The Kier molecular flexibility index (Phi) is 4.32. The summed E-state index contributed by atoms with van der Waals surface area (Å²) < 4.78 is 0. The van der Waals surface area contributed by atoms with Crippen molar-refractivity contribution < 1.29 is 0 Å². The minimum atomic E-state index is 0.469. The van der Waals surface area contributed by atoms with Gasteiger partial charge in [-0.05, 0) is 50.1 Å². The van der Waals surface area contributed by atoms with Crippen molar-refractivity contribution in [2.45, 2.75) is 26.8 Å². The Morgan fingerprint density at radius 2 is 1.86 bits per heavy atom. The minimum Gasteiger partial charge on any atom is -0.354 e. The van der Waals surface area contributed by atoms with Crippen LogP contribution < -0.4 is 10.6 Å². The van der Waals surface area contributed by atoms with Gasteiger partial charge in [0.05, 0.1) is 5.52 Å². The molecule has 1 saturated heterocycles. The fraction of sp³-hybridized carbons (Fsp3) is 0.500. The van der Waals surface area contributed by atoms with Gasteiger partial charge in [0.25, 0.3) is 0 Å². The Morgan fingerprint density at radius 1 is 1.14 bits per heavy atom. The van der Waals surface area contributed by atoms with Gasteiger partial charge < -0.3 is 10.6 Å². The number of aryl methyl sites for hydroxylation is 2. The number of hydrogen-bond acceptors (Lipinski definition) is 4. The highest BCUT2D eigenvalue weighted by Crippen LogP contribution is 2.23. The first-order valence-corrected chi connectivity index (χ1v) is 8.15. The van der Waals surface area contributed by atoms with E-state index in [2.05, 4.69) is 54.8 Å². The number of anilines is 1. The molecule has 1 unspecified atom stereocenters. The molecule has 4 heteroatoms. The van der Waals surface area contributed by atoms with Crippen LogP contribution >= 0.6 is 0 Å². The van der Waals surface area contributed by atoms with E-state index in [4.69, 9.17) is 10.7 Å². The lowest BCUT2D eigenvalue weighted by Gasteiger charge is -2.38. The monoisotopic (exact) mass is 298 g/mol. The lowest BCUT2D eigenvalue weighted by Crippen LogP contribution is -2.51. The number of fused-ring (bicyclic) bond motifs is 1. The second kappa shape index (κ2) is 6.23. The largest absolute Gasteiger partial charge is 0.354 e. The second-order valence-corrected chi connectivity index (χ2v) is 6.43. The molecule has 2 aromatic rings. The molecule has 0 spiro atoms. The van der Waals surface area contributed by atoms with Crippen LogP contribution in [0.1, 0.15) is 18.1 Å². The SMILES string of the molecule is Cc1cc(C)c2ccc(N3CCN(C(C)CN)CC3)nc2c1. The van der Waals surface area contributed by atoms with E-state index in [1.165, 1.54) is 16.5 Å². The first kappa shape index (κ1) is 15.3. The lowest BCUT2D eigenvalue weighted by atomic mass is 10.1. The van der Waals surface area contributed by atoms with Crippen molar-refractivity contribution in [3.8, 4) is 0 Å². The van der Waals surface area contributed by atoms with E-state index in [0.717, 1.165) is 44.1 Å². The third-order valence-electron chi connectivity index (χ3n) is 4.75. The van der Waals surface area contributed by atoms with Gasteiger partial charge in [0.1, 0.15) is 5.82 Å². The van der Waals surface area contributed by atoms with Crippen LogP contribution in [0.25, 0.3) is 10.9 Å². The summed E-state index contributed by atoms with van der Waals surface area (Å²) >= 11 is 0. The number of pyridine rings is 1. The summed E-state index contributed by atoms with van der Waals surface area (Å²) in [6, 6.07) is 9.24. The number of rotatable bonds is 3. The molecule has 3 rings (SSSR count). The molecule has 0 aliphatic carbocycles. The molecule has 1 aromatic carbocycles. The van der Waals surface area contributed by atoms with Gasteiger partial charge in [0.15, 0.2) is 0 Å². The topological polar surface area (TPSA) is 45.4 Å². The number of hydrogen-bond donors (Lipinski definition) is 1. The fourth-order valence-corrected chi connectivity index (χ4v) is 3.30. The van der Waals surface area contributed by atoms with Crippen molar-refractivity contribution in [3.05, 3.63) is 35.4 Å². The van der Waals surface area contributed by atoms with E-state index in [-0.39, 0.29) is 0 Å². The number of nitrogens with zero attached hydrogens (tertiary/aromatic N) is 3. The number of piperazine rings is 1. The Balaban J connectivity index is 1.80. The smallest absolute Gasteiger partial charge is 0.129 e.